The number of thiazole rings is 1. The molecule has 0 aliphatic heterocycles. The van der Waals surface area contributed by atoms with E-state index in [1.54, 1.807) is 0 Å². The van der Waals surface area contributed by atoms with E-state index in [2.05, 4.69) is 10.3 Å². The summed E-state index contributed by atoms with van der Waals surface area (Å²) in [5.41, 5.74) is 6.17. The Morgan fingerprint density at radius 1 is 1.36 bits per heavy atom. The standard InChI is InChI=1S/C14H19N3O2S.2ClH/c1-10-4-5-12(19-10)14-17-11(9-20-14)8-13(18)16-7-3-2-6-15;;/h4-5,9H,2-3,6-8,15H2,1H3,(H,16,18);2*1H. The minimum Gasteiger partial charge on any atom is -0.459 e. The maximum atomic E-state index is 11.7. The number of unbranched alkanes of at least 4 members (excludes halogenated alkanes) is 1. The van der Waals surface area contributed by atoms with Crippen LogP contribution < -0.4 is 11.1 Å². The Kier molecular flexibility index (Phi) is 10.1. The molecule has 0 aliphatic rings. The lowest BCUT2D eigenvalue weighted by Crippen LogP contribution is -2.26. The molecule has 0 saturated heterocycles. The molecular weight excluding hydrogens is 345 g/mol. The van der Waals surface area contributed by atoms with Crippen LogP contribution in [0.3, 0.4) is 0 Å². The summed E-state index contributed by atoms with van der Waals surface area (Å²) in [6, 6.07) is 3.80. The van der Waals surface area contributed by atoms with Crippen molar-refractivity contribution >= 4 is 42.1 Å². The van der Waals surface area contributed by atoms with E-state index in [0.29, 0.717) is 19.5 Å². The molecule has 8 heteroatoms. The van der Waals surface area contributed by atoms with Crippen molar-refractivity contribution in [1.29, 1.82) is 0 Å². The summed E-state index contributed by atoms with van der Waals surface area (Å²) in [6.45, 7) is 3.23. The monoisotopic (exact) mass is 365 g/mol. The molecule has 0 atom stereocenters. The predicted octanol–water partition coefficient (Wildman–Crippen LogP) is 2.95. The van der Waals surface area contributed by atoms with Crippen molar-refractivity contribution in [3.63, 3.8) is 0 Å². The second-order valence-corrected chi connectivity index (χ2v) is 5.43. The van der Waals surface area contributed by atoms with Crippen LogP contribution in [0.2, 0.25) is 0 Å². The van der Waals surface area contributed by atoms with E-state index < -0.39 is 0 Å². The van der Waals surface area contributed by atoms with E-state index >= 15 is 0 Å². The Balaban J connectivity index is 0.00000220. The predicted molar refractivity (Wildman–Crippen MR) is 94.1 cm³/mol. The lowest BCUT2D eigenvalue weighted by atomic mass is 10.3. The first kappa shape index (κ1) is 20.9. The van der Waals surface area contributed by atoms with E-state index in [0.717, 1.165) is 35.1 Å². The van der Waals surface area contributed by atoms with Crippen molar-refractivity contribution < 1.29 is 9.21 Å². The number of hydrogen-bond donors (Lipinski definition) is 2. The summed E-state index contributed by atoms with van der Waals surface area (Å²) in [6.07, 6.45) is 2.15. The van der Waals surface area contributed by atoms with Crippen LogP contribution in [0.25, 0.3) is 10.8 Å². The first-order valence-corrected chi connectivity index (χ1v) is 7.55. The molecule has 124 valence electrons. The van der Waals surface area contributed by atoms with E-state index in [-0.39, 0.29) is 30.7 Å². The highest BCUT2D eigenvalue weighted by molar-refractivity contribution is 7.13. The van der Waals surface area contributed by atoms with Crippen molar-refractivity contribution in [2.45, 2.75) is 26.2 Å². The fourth-order valence-corrected chi connectivity index (χ4v) is 2.55. The second-order valence-electron chi connectivity index (χ2n) is 4.58. The van der Waals surface area contributed by atoms with Gasteiger partial charge in [-0.3, -0.25) is 4.79 Å². The molecule has 0 saturated carbocycles. The smallest absolute Gasteiger partial charge is 0.226 e. The molecule has 1 amide bonds. The van der Waals surface area contributed by atoms with Crippen molar-refractivity contribution in [2.75, 3.05) is 13.1 Å². The van der Waals surface area contributed by atoms with Crippen LogP contribution in [0, 0.1) is 6.92 Å². The quantitative estimate of drug-likeness (QED) is 0.739. The van der Waals surface area contributed by atoms with Crippen LogP contribution in [0.15, 0.2) is 21.9 Å². The maximum absolute atomic E-state index is 11.7. The summed E-state index contributed by atoms with van der Waals surface area (Å²) in [4.78, 5) is 16.1. The molecule has 2 heterocycles. The molecule has 0 radical (unpaired) electrons. The Bertz CT molecular complexity index is 572. The first-order valence-electron chi connectivity index (χ1n) is 6.67. The lowest BCUT2D eigenvalue weighted by Gasteiger charge is -2.02. The number of nitrogens with zero attached hydrogens (tertiary/aromatic N) is 1. The van der Waals surface area contributed by atoms with E-state index in [1.807, 2.05) is 24.4 Å². The van der Waals surface area contributed by atoms with Crippen molar-refractivity contribution in [2.24, 2.45) is 5.73 Å². The van der Waals surface area contributed by atoms with Gasteiger partial charge in [0.05, 0.1) is 12.1 Å². The number of furan rings is 1. The topological polar surface area (TPSA) is 81.2 Å². The van der Waals surface area contributed by atoms with Crippen molar-refractivity contribution in [3.8, 4) is 10.8 Å². The molecule has 22 heavy (non-hydrogen) atoms. The van der Waals surface area contributed by atoms with E-state index in [9.17, 15) is 4.79 Å². The van der Waals surface area contributed by atoms with Gasteiger partial charge in [-0.25, -0.2) is 4.98 Å². The number of amides is 1. The van der Waals surface area contributed by atoms with Gasteiger partial charge in [-0.05, 0) is 38.4 Å². The zero-order valence-corrected chi connectivity index (χ0v) is 14.8. The summed E-state index contributed by atoms with van der Waals surface area (Å²) < 4.78 is 5.52. The number of carbonyl (C=O) groups excluding carboxylic acids is 1. The van der Waals surface area contributed by atoms with Gasteiger partial charge in [0.2, 0.25) is 5.91 Å². The third kappa shape index (κ3) is 6.36. The lowest BCUT2D eigenvalue weighted by molar-refractivity contribution is -0.120. The third-order valence-corrected chi connectivity index (χ3v) is 3.70. The summed E-state index contributed by atoms with van der Waals surface area (Å²) in [5.74, 6) is 1.60. The number of aryl methyl sites for hydroxylation is 1. The zero-order chi connectivity index (χ0) is 14.4. The van der Waals surface area contributed by atoms with Crippen molar-refractivity contribution in [1.82, 2.24) is 10.3 Å². The molecule has 0 aliphatic carbocycles. The molecule has 0 bridgehead atoms. The molecule has 0 unspecified atom stereocenters. The number of halogens is 2. The Morgan fingerprint density at radius 2 is 2.14 bits per heavy atom. The number of hydrogen-bond acceptors (Lipinski definition) is 5. The number of nitrogens with two attached hydrogens (primary N) is 1. The van der Waals surface area contributed by atoms with Crippen LogP contribution in [-0.2, 0) is 11.2 Å². The minimum absolute atomic E-state index is 0. The van der Waals surface area contributed by atoms with Gasteiger partial charge in [-0.2, -0.15) is 0 Å². The molecule has 0 fully saturated rings. The Hall–Kier alpha value is -1.08. The molecule has 0 spiro atoms. The average molecular weight is 366 g/mol. The fraction of sp³-hybridized carbons (Fsp3) is 0.429. The number of carbonyl (C=O) groups is 1. The van der Waals surface area contributed by atoms with E-state index in [4.69, 9.17) is 10.2 Å². The average Bonchev–Trinajstić information content (AvgIpc) is 3.04. The minimum atomic E-state index is -0.00510. The molecule has 0 aromatic carbocycles. The first-order chi connectivity index (χ1) is 9.69. The van der Waals surface area contributed by atoms with Crippen LogP contribution in [0.1, 0.15) is 24.3 Å². The van der Waals surface area contributed by atoms with Gasteiger partial charge in [0, 0.05) is 11.9 Å². The SMILES string of the molecule is Cc1ccc(-c2nc(CC(=O)NCCCCN)cs2)o1.Cl.Cl. The number of nitrogens with one attached hydrogen (secondary N) is 1. The van der Waals surface area contributed by atoms with E-state index in [1.165, 1.54) is 11.3 Å². The third-order valence-electron chi connectivity index (χ3n) is 2.80. The summed E-state index contributed by atoms with van der Waals surface area (Å²) in [5, 5.41) is 5.57. The highest BCUT2D eigenvalue weighted by atomic mass is 35.5. The Morgan fingerprint density at radius 3 is 2.77 bits per heavy atom. The van der Waals surface area contributed by atoms with Gasteiger partial charge in [-0.15, -0.1) is 36.2 Å². The number of aromatic nitrogens is 1. The largest absolute Gasteiger partial charge is 0.459 e. The zero-order valence-electron chi connectivity index (χ0n) is 12.3. The van der Waals surface area contributed by atoms with Crippen LogP contribution in [0.4, 0.5) is 0 Å². The second kappa shape index (κ2) is 10.6. The van der Waals surface area contributed by atoms with Gasteiger partial charge in [0.15, 0.2) is 10.8 Å². The summed E-state index contributed by atoms with van der Waals surface area (Å²) >= 11 is 1.49. The van der Waals surface area contributed by atoms with Gasteiger partial charge in [-0.1, -0.05) is 0 Å². The van der Waals surface area contributed by atoms with Gasteiger partial charge in [0.1, 0.15) is 5.76 Å². The number of rotatable bonds is 7. The van der Waals surface area contributed by atoms with Crippen LogP contribution in [-0.4, -0.2) is 24.0 Å². The maximum Gasteiger partial charge on any atom is 0.226 e. The molecule has 3 N–H and O–H groups in total. The summed E-state index contributed by atoms with van der Waals surface area (Å²) in [7, 11) is 0. The highest BCUT2D eigenvalue weighted by Crippen LogP contribution is 2.25. The Labute approximate surface area is 146 Å². The van der Waals surface area contributed by atoms with Crippen LogP contribution >= 0.6 is 36.2 Å². The highest BCUT2D eigenvalue weighted by Gasteiger charge is 2.10. The normalized spacial score (nSPS) is 9.73. The fourth-order valence-electron chi connectivity index (χ4n) is 1.77. The van der Waals surface area contributed by atoms with Gasteiger partial charge < -0.3 is 15.5 Å². The van der Waals surface area contributed by atoms with Gasteiger partial charge in [0.25, 0.3) is 0 Å². The molecule has 2 aromatic heterocycles. The molecule has 2 rings (SSSR count). The molecular formula is C14H21Cl2N3O2S. The van der Waals surface area contributed by atoms with Crippen LogP contribution in [0.5, 0.6) is 0 Å². The van der Waals surface area contributed by atoms with Crippen molar-refractivity contribution in [3.05, 3.63) is 29.0 Å². The molecule has 2 aromatic rings. The molecule has 5 nitrogen and oxygen atoms in total. The van der Waals surface area contributed by atoms with Gasteiger partial charge >= 0.3 is 0 Å².